The molecule has 2 atom stereocenters. The van der Waals surface area contributed by atoms with Crippen LogP contribution < -0.4 is 5.32 Å². The summed E-state index contributed by atoms with van der Waals surface area (Å²) in [5, 5.41) is 3.55. The summed E-state index contributed by atoms with van der Waals surface area (Å²) in [6, 6.07) is 5.29. The minimum absolute atomic E-state index is 0. The minimum atomic E-state index is -0.0981. The topological polar surface area (TPSA) is 32.8 Å². The van der Waals surface area contributed by atoms with Gasteiger partial charge in [0.2, 0.25) is 0 Å². The van der Waals surface area contributed by atoms with Crippen LogP contribution in [-0.2, 0) is 18.4 Å². The molecular formula is C19H22BrClFN3S. The molecule has 1 aliphatic heterocycles. The zero-order valence-corrected chi connectivity index (χ0v) is 17.6. The fourth-order valence-corrected chi connectivity index (χ4v) is 5.15. The monoisotopic (exact) mass is 457 g/mol. The van der Waals surface area contributed by atoms with Crippen molar-refractivity contribution >= 4 is 40.6 Å². The SMILES string of the molecule is Cl.Fc1ccc(Br)cc1[C@]12C[C@H]1c1c(CCNCC3CC3)[nH]c(=S)n1C2. The van der Waals surface area contributed by atoms with E-state index in [1.807, 2.05) is 6.07 Å². The number of rotatable bonds is 6. The Hall–Kier alpha value is -0.690. The highest BCUT2D eigenvalue weighted by Crippen LogP contribution is 2.66. The molecule has 2 saturated carbocycles. The van der Waals surface area contributed by atoms with Crippen LogP contribution in [0, 0.1) is 16.5 Å². The number of imidazole rings is 1. The molecule has 0 amide bonds. The van der Waals surface area contributed by atoms with E-state index in [-0.39, 0.29) is 23.6 Å². The van der Waals surface area contributed by atoms with Crippen molar-refractivity contribution < 1.29 is 4.39 Å². The van der Waals surface area contributed by atoms with E-state index in [0.717, 1.165) is 53.2 Å². The number of halogens is 3. The maximum atomic E-state index is 14.5. The lowest BCUT2D eigenvalue weighted by Crippen LogP contribution is -2.20. The van der Waals surface area contributed by atoms with Crippen LogP contribution in [0.2, 0.25) is 0 Å². The largest absolute Gasteiger partial charge is 0.334 e. The Balaban J connectivity index is 0.00000168. The van der Waals surface area contributed by atoms with Gasteiger partial charge in [0.15, 0.2) is 4.77 Å². The number of nitrogens with zero attached hydrogens (tertiary/aromatic N) is 1. The van der Waals surface area contributed by atoms with Crippen molar-refractivity contribution in [2.24, 2.45) is 5.92 Å². The normalized spacial score (nSPS) is 25.5. The Kier molecular flexibility index (Phi) is 4.83. The third-order valence-corrected chi connectivity index (χ3v) is 6.91. The molecule has 0 radical (unpaired) electrons. The molecule has 0 unspecified atom stereocenters. The predicted octanol–water partition coefficient (Wildman–Crippen LogP) is 4.85. The summed E-state index contributed by atoms with van der Waals surface area (Å²) >= 11 is 9.04. The molecule has 7 heteroatoms. The summed E-state index contributed by atoms with van der Waals surface area (Å²) in [5.41, 5.74) is 3.30. The lowest BCUT2D eigenvalue weighted by atomic mass is 9.93. The van der Waals surface area contributed by atoms with Crippen molar-refractivity contribution in [3.05, 3.63) is 50.2 Å². The quantitative estimate of drug-likeness (QED) is 0.479. The maximum Gasteiger partial charge on any atom is 0.177 e. The maximum absolute atomic E-state index is 14.5. The van der Waals surface area contributed by atoms with Crippen LogP contribution in [0.15, 0.2) is 22.7 Å². The Bertz CT molecular complexity index is 907. The molecule has 5 rings (SSSR count). The van der Waals surface area contributed by atoms with Gasteiger partial charge in [-0.3, -0.25) is 0 Å². The van der Waals surface area contributed by atoms with E-state index in [4.69, 9.17) is 12.2 Å². The van der Waals surface area contributed by atoms with Crippen LogP contribution in [0.25, 0.3) is 0 Å². The standard InChI is InChI=1S/C19H21BrFN3S.ClH/c20-12-3-4-15(21)13(7-12)19-8-14(19)17-16(23-18(25)24(17)10-19)5-6-22-9-11-1-2-11;/h3-4,7,11,14,22H,1-2,5-6,8-10H2,(H,23,25);1H/t14-,19+;/m0./s1. The van der Waals surface area contributed by atoms with Gasteiger partial charge in [0, 0.05) is 46.7 Å². The fraction of sp³-hybridized carbons (Fsp3) is 0.526. The van der Waals surface area contributed by atoms with Gasteiger partial charge in [0.05, 0.1) is 0 Å². The molecule has 2 aromatic rings. The summed E-state index contributed by atoms with van der Waals surface area (Å²) in [7, 11) is 0. The van der Waals surface area contributed by atoms with Crippen LogP contribution in [0.3, 0.4) is 0 Å². The van der Waals surface area contributed by atoms with Crippen LogP contribution in [0.1, 0.15) is 42.1 Å². The van der Waals surface area contributed by atoms with E-state index in [0.29, 0.717) is 5.92 Å². The second kappa shape index (κ2) is 6.73. The molecule has 2 fully saturated rings. The summed E-state index contributed by atoms with van der Waals surface area (Å²) in [6.45, 7) is 2.91. The van der Waals surface area contributed by atoms with E-state index in [9.17, 15) is 4.39 Å². The number of nitrogens with one attached hydrogen (secondary N) is 2. The van der Waals surface area contributed by atoms with Crippen molar-refractivity contribution in [2.45, 2.75) is 43.6 Å². The fourth-order valence-electron chi connectivity index (χ4n) is 4.50. The van der Waals surface area contributed by atoms with Gasteiger partial charge in [-0.15, -0.1) is 12.4 Å². The van der Waals surface area contributed by atoms with Crippen LogP contribution >= 0.6 is 40.6 Å². The Morgan fingerprint density at radius 2 is 2.19 bits per heavy atom. The molecule has 3 aliphatic rings. The summed E-state index contributed by atoms with van der Waals surface area (Å²) < 4.78 is 18.4. The summed E-state index contributed by atoms with van der Waals surface area (Å²) in [5.74, 6) is 1.19. The van der Waals surface area contributed by atoms with Gasteiger partial charge in [-0.2, -0.15) is 0 Å². The first-order chi connectivity index (χ1) is 12.1. The molecule has 0 bridgehead atoms. The number of benzene rings is 1. The molecule has 1 aromatic carbocycles. The number of fused-ring (bicyclic) bond motifs is 3. The molecule has 2 heterocycles. The van der Waals surface area contributed by atoms with Gasteiger partial charge in [0.1, 0.15) is 5.82 Å². The van der Waals surface area contributed by atoms with Gasteiger partial charge in [-0.25, -0.2) is 4.39 Å². The Morgan fingerprint density at radius 1 is 1.38 bits per heavy atom. The first kappa shape index (κ1) is 18.7. The predicted molar refractivity (Wildman–Crippen MR) is 109 cm³/mol. The third kappa shape index (κ3) is 2.99. The van der Waals surface area contributed by atoms with Gasteiger partial charge in [0.25, 0.3) is 0 Å². The molecule has 3 nitrogen and oxygen atoms in total. The highest BCUT2D eigenvalue weighted by molar-refractivity contribution is 9.10. The lowest BCUT2D eigenvalue weighted by molar-refractivity contribution is 0.530. The highest BCUT2D eigenvalue weighted by Gasteiger charge is 2.63. The molecule has 2 N–H and O–H groups in total. The second-order valence-corrected chi connectivity index (χ2v) is 9.12. The van der Waals surface area contributed by atoms with Gasteiger partial charge in [-0.1, -0.05) is 15.9 Å². The highest BCUT2D eigenvalue weighted by atomic mass is 79.9. The molecule has 1 aromatic heterocycles. The Labute approximate surface area is 172 Å². The van der Waals surface area contributed by atoms with Crippen LogP contribution in [0.4, 0.5) is 4.39 Å². The second-order valence-electron chi connectivity index (χ2n) is 7.81. The Morgan fingerprint density at radius 3 is 2.96 bits per heavy atom. The first-order valence-electron chi connectivity index (χ1n) is 9.06. The van der Waals surface area contributed by atoms with Crippen molar-refractivity contribution in [3.63, 3.8) is 0 Å². The van der Waals surface area contributed by atoms with Crippen molar-refractivity contribution in [2.75, 3.05) is 13.1 Å². The average Bonchev–Trinajstić information content (AvgIpc) is 3.49. The van der Waals surface area contributed by atoms with Crippen LogP contribution in [-0.4, -0.2) is 22.6 Å². The number of H-pyrrole nitrogens is 1. The number of aromatic amines is 1. The average molecular weight is 459 g/mol. The molecule has 0 saturated heterocycles. The van der Waals surface area contributed by atoms with E-state index in [1.165, 1.54) is 24.2 Å². The summed E-state index contributed by atoms with van der Waals surface area (Å²) in [6.07, 6.45) is 4.74. The van der Waals surface area contributed by atoms with E-state index in [1.54, 1.807) is 12.1 Å². The zero-order chi connectivity index (χ0) is 17.2. The molecule has 0 spiro atoms. The van der Waals surface area contributed by atoms with E-state index in [2.05, 4.69) is 30.8 Å². The smallest absolute Gasteiger partial charge is 0.177 e. The molecule has 2 aliphatic carbocycles. The van der Waals surface area contributed by atoms with Gasteiger partial charge >= 0.3 is 0 Å². The lowest BCUT2D eigenvalue weighted by Gasteiger charge is -2.14. The van der Waals surface area contributed by atoms with Crippen LogP contribution in [0.5, 0.6) is 0 Å². The van der Waals surface area contributed by atoms with E-state index >= 15 is 0 Å². The molecular weight excluding hydrogens is 437 g/mol. The van der Waals surface area contributed by atoms with Crippen molar-refractivity contribution in [1.29, 1.82) is 0 Å². The van der Waals surface area contributed by atoms with E-state index < -0.39 is 0 Å². The van der Waals surface area contributed by atoms with Crippen molar-refractivity contribution in [1.82, 2.24) is 14.9 Å². The number of hydrogen-bond donors (Lipinski definition) is 2. The number of hydrogen-bond acceptors (Lipinski definition) is 2. The van der Waals surface area contributed by atoms with Gasteiger partial charge in [-0.05, 0) is 67.7 Å². The molecule has 140 valence electrons. The van der Waals surface area contributed by atoms with Crippen molar-refractivity contribution in [3.8, 4) is 0 Å². The summed E-state index contributed by atoms with van der Waals surface area (Å²) in [4.78, 5) is 3.41. The minimum Gasteiger partial charge on any atom is -0.334 e. The number of aromatic nitrogens is 2. The van der Waals surface area contributed by atoms with Gasteiger partial charge < -0.3 is 14.9 Å². The molecule has 26 heavy (non-hydrogen) atoms. The third-order valence-electron chi connectivity index (χ3n) is 6.10. The zero-order valence-electron chi connectivity index (χ0n) is 14.4. The first-order valence-corrected chi connectivity index (χ1v) is 10.3.